The van der Waals surface area contributed by atoms with Gasteiger partial charge in [0.15, 0.2) is 0 Å². The number of anilines is 15. The maximum atomic E-state index is 2.28. The van der Waals surface area contributed by atoms with Crippen molar-refractivity contribution in [1.29, 1.82) is 0 Å². The van der Waals surface area contributed by atoms with Crippen molar-refractivity contribution in [3.8, 4) is 44.5 Å². The smallest absolute Gasteiger partial charge is 0.0487 e. The summed E-state index contributed by atoms with van der Waals surface area (Å²) in [6.07, 6.45) is 0. The summed E-state index contributed by atoms with van der Waals surface area (Å²) in [5.41, 5.74) is 26.9. The Balaban J connectivity index is 0.000000128. The molecule has 0 aromatic heterocycles. The predicted molar refractivity (Wildman–Crippen MR) is 484 cm³/mol. The molecular weight excluding hydrogens is 1370 g/mol. The Morgan fingerprint density at radius 2 is 0.389 bits per heavy atom. The Bertz CT molecular complexity index is 5910. The molecule has 0 aliphatic rings. The Morgan fingerprint density at radius 1 is 0.142 bits per heavy atom. The first-order valence-electron chi connectivity index (χ1n) is 38.5. The van der Waals surface area contributed by atoms with Gasteiger partial charge in [0, 0.05) is 117 Å². The largest absolute Gasteiger partial charge is 0.345 e. The number of hydrogen-bond acceptors (Lipinski definition) is 6. The first kappa shape index (κ1) is 72.5. The lowest BCUT2D eigenvalue weighted by Gasteiger charge is -2.25. The standard InChI is InChI=1S/C37H30N2.2C35H28N2/c1-38(37-20-12-11-19-36(37)31-13-5-2-6-14-31)32-25-21-29(22-26-32)30-23-27-35(28-24-30)39(33-15-7-3-8-16-33)34-17-9-4-10-18-34;1-36(35-18-10-12-29-11-8-9-17-34(29)35)30-23-19-27(20-24-30)28-21-25-33(26-22-28)37(31-13-4-2-5-14-31)32-15-6-3-7-16-32;1-36(35-25-20-27-10-8-9-11-30(27)26-35)31-21-16-28(17-22-31)29-18-23-34(24-19-29)37(32-12-4-2-5-13-32)33-14-6-3-7-15-33/h2-28H,1H3;2*2-26H,1H3. The molecule has 0 unspecified atom stereocenters. The van der Waals surface area contributed by atoms with Crippen LogP contribution in [0.1, 0.15) is 0 Å². The second-order valence-electron chi connectivity index (χ2n) is 27.9. The van der Waals surface area contributed by atoms with Gasteiger partial charge in [-0.15, -0.1) is 0 Å². The SMILES string of the molecule is CN(c1ccc(-c2ccc(N(c3ccccc3)c3ccccc3)cc2)cc1)c1ccc2ccccc2c1.CN(c1ccc(-c2ccc(N(c3ccccc3)c3ccccc3)cc2)cc1)c1cccc2ccccc12.CN(c1ccc(-c2ccc(N(c3ccccc3)c3ccccc3)cc2)cc1)c1ccccc1-c1ccccc1. The summed E-state index contributed by atoms with van der Waals surface area (Å²) < 4.78 is 0. The minimum Gasteiger partial charge on any atom is -0.345 e. The summed E-state index contributed by atoms with van der Waals surface area (Å²) in [5, 5.41) is 5.03. The van der Waals surface area contributed by atoms with E-state index in [9.17, 15) is 0 Å². The molecule has 0 aliphatic carbocycles. The van der Waals surface area contributed by atoms with Crippen molar-refractivity contribution >= 4 is 107 Å². The molecule has 6 nitrogen and oxygen atoms in total. The van der Waals surface area contributed by atoms with Crippen LogP contribution in [0.15, 0.2) is 467 Å². The van der Waals surface area contributed by atoms with E-state index in [0.717, 1.165) is 68.2 Å². The van der Waals surface area contributed by atoms with Crippen LogP contribution in [0.2, 0.25) is 0 Å². The maximum Gasteiger partial charge on any atom is 0.0487 e. The van der Waals surface area contributed by atoms with Gasteiger partial charge in [0.1, 0.15) is 0 Å². The normalized spacial score (nSPS) is 10.8. The molecule has 18 aromatic rings. The summed E-state index contributed by atoms with van der Waals surface area (Å²) >= 11 is 0. The van der Waals surface area contributed by atoms with Gasteiger partial charge < -0.3 is 29.4 Å². The van der Waals surface area contributed by atoms with E-state index in [2.05, 4.69) is 518 Å². The van der Waals surface area contributed by atoms with Crippen molar-refractivity contribution in [1.82, 2.24) is 0 Å². The molecule has 0 aliphatic heterocycles. The third-order valence-electron chi connectivity index (χ3n) is 20.8. The first-order valence-corrected chi connectivity index (χ1v) is 38.5. The van der Waals surface area contributed by atoms with Crippen LogP contribution in [0.3, 0.4) is 0 Å². The van der Waals surface area contributed by atoms with E-state index in [-0.39, 0.29) is 0 Å². The van der Waals surface area contributed by atoms with Gasteiger partial charge >= 0.3 is 0 Å². The summed E-state index contributed by atoms with van der Waals surface area (Å²) in [6.45, 7) is 0. The van der Waals surface area contributed by atoms with Crippen LogP contribution in [0.25, 0.3) is 66.1 Å². The first-order chi connectivity index (χ1) is 55.8. The van der Waals surface area contributed by atoms with Gasteiger partial charge in [0.25, 0.3) is 0 Å². The van der Waals surface area contributed by atoms with Crippen LogP contribution >= 0.6 is 0 Å². The van der Waals surface area contributed by atoms with E-state index in [1.165, 1.54) is 83.1 Å². The fourth-order valence-corrected chi connectivity index (χ4v) is 14.8. The van der Waals surface area contributed by atoms with Crippen molar-refractivity contribution < 1.29 is 0 Å². The molecule has 113 heavy (non-hydrogen) atoms. The molecule has 6 heteroatoms. The molecule has 0 N–H and O–H groups in total. The molecular formula is C107H86N6. The van der Waals surface area contributed by atoms with Crippen molar-refractivity contribution in [2.75, 3.05) is 50.5 Å². The highest BCUT2D eigenvalue weighted by atomic mass is 15.2. The van der Waals surface area contributed by atoms with E-state index in [1.54, 1.807) is 0 Å². The molecule has 18 aromatic carbocycles. The number of rotatable bonds is 19. The minimum absolute atomic E-state index is 1.13. The van der Waals surface area contributed by atoms with Crippen molar-refractivity contribution in [3.05, 3.63) is 467 Å². The van der Waals surface area contributed by atoms with E-state index in [1.807, 2.05) is 0 Å². The maximum absolute atomic E-state index is 2.28. The number of hydrogen-bond donors (Lipinski definition) is 0. The van der Waals surface area contributed by atoms with Crippen molar-refractivity contribution in [3.63, 3.8) is 0 Å². The topological polar surface area (TPSA) is 19.4 Å². The van der Waals surface area contributed by atoms with Crippen LogP contribution in [0.5, 0.6) is 0 Å². The van der Waals surface area contributed by atoms with Crippen molar-refractivity contribution in [2.45, 2.75) is 0 Å². The van der Waals surface area contributed by atoms with E-state index in [4.69, 9.17) is 0 Å². The number of para-hydroxylation sites is 7. The van der Waals surface area contributed by atoms with E-state index in [0.29, 0.717) is 0 Å². The average molecular weight is 1460 g/mol. The quantitative estimate of drug-likeness (QED) is 0.0798. The highest BCUT2D eigenvalue weighted by Crippen LogP contribution is 2.42. The average Bonchev–Trinajstić information content (AvgIpc) is 0.828. The summed E-state index contributed by atoms with van der Waals surface area (Å²) in [4.78, 5) is 13.6. The highest BCUT2D eigenvalue weighted by Gasteiger charge is 2.18. The van der Waals surface area contributed by atoms with Crippen LogP contribution in [0, 0.1) is 0 Å². The second kappa shape index (κ2) is 34.7. The molecule has 0 bridgehead atoms. The summed E-state index contributed by atoms with van der Waals surface area (Å²) in [5.74, 6) is 0. The van der Waals surface area contributed by atoms with Crippen LogP contribution in [-0.4, -0.2) is 21.1 Å². The van der Waals surface area contributed by atoms with Gasteiger partial charge in [-0.2, -0.15) is 0 Å². The number of fused-ring (bicyclic) bond motifs is 2. The summed E-state index contributed by atoms with van der Waals surface area (Å²) in [6, 6.07) is 165. The Hall–Kier alpha value is -14.7. The van der Waals surface area contributed by atoms with Gasteiger partial charge in [-0.05, 0) is 225 Å². The zero-order valence-electron chi connectivity index (χ0n) is 63.6. The van der Waals surface area contributed by atoms with Crippen molar-refractivity contribution in [2.24, 2.45) is 0 Å². The molecule has 0 heterocycles. The van der Waals surface area contributed by atoms with E-state index < -0.39 is 0 Å². The second-order valence-corrected chi connectivity index (χ2v) is 27.9. The molecule has 0 atom stereocenters. The predicted octanol–water partition coefficient (Wildman–Crippen LogP) is 29.7. The zero-order valence-corrected chi connectivity index (χ0v) is 63.6. The molecule has 0 amide bonds. The monoisotopic (exact) mass is 1450 g/mol. The lowest BCUT2D eigenvalue weighted by Crippen LogP contribution is -2.10. The van der Waals surface area contributed by atoms with E-state index >= 15 is 0 Å². The Kier molecular flexibility index (Phi) is 22.2. The Labute approximate surface area is 664 Å². The highest BCUT2D eigenvalue weighted by molar-refractivity contribution is 5.96. The van der Waals surface area contributed by atoms with Crippen LogP contribution in [0.4, 0.5) is 85.3 Å². The fourth-order valence-electron chi connectivity index (χ4n) is 14.8. The van der Waals surface area contributed by atoms with Gasteiger partial charge in [-0.25, -0.2) is 0 Å². The van der Waals surface area contributed by atoms with Gasteiger partial charge in [-0.1, -0.05) is 297 Å². The molecule has 0 spiro atoms. The zero-order chi connectivity index (χ0) is 76.5. The molecule has 0 saturated carbocycles. The number of benzene rings is 18. The molecule has 0 fully saturated rings. The van der Waals surface area contributed by atoms with Gasteiger partial charge in [0.2, 0.25) is 0 Å². The lowest BCUT2D eigenvalue weighted by molar-refractivity contribution is 1.21. The van der Waals surface area contributed by atoms with Crippen LogP contribution in [-0.2, 0) is 0 Å². The summed E-state index contributed by atoms with van der Waals surface area (Å²) in [7, 11) is 6.39. The van der Waals surface area contributed by atoms with Crippen LogP contribution < -0.4 is 29.4 Å². The molecule has 18 rings (SSSR count). The Morgan fingerprint density at radius 3 is 0.761 bits per heavy atom. The van der Waals surface area contributed by atoms with Gasteiger partial charge in [-0.3, -0.25) is 0 Å². The lowest BCUT2D eigenvalue weighted by atomic mass is 10.0. The molecule has 0 radical (unpaired) electrons. The van der Waals surface area contributed by atoms with Gasteiger partial charge in [0.05, 0.1) is 0 Å². The third kappa shape index (κ3) is 16.8. The molecule has 544 valence electrons. The molecule has 0 saturated heterocycles. The number of nitrogens with zero attached hydrogens (tertiary/aromatic N) is 6. The fraction of sp³-hybridized carbons (Fsp3) is 0.0280. The minimum atomic E-state index is 1.13. The third-order valence-corrected chi connectivity index (χ3v) is 20.8.